The maximum atomic E-state index is 12.2. The van der Waals surface area contributed by atoms with Crippen molar-refractivity contribution in [1.29, 1.82) is 5.26 Å². The van der Waals surface area contributed by atoms with Crippen LogP contribution in [0.3, 0.4) is 0 Å². The van der Waals surface area contributed by atoms with Crippen LogP contribution in [0.15, 0.2) is 34.6 Å². The summed E-state index contributed by atoms with van der Waals surface area (Å²) in [5.41, 5.74) is 3.00. The van der Waals surface area contributed by atoms with Gasteiger partial charge in [0.1, 0.15) is 0 Å². The number of nitrogens with zero attached hydrogens (tertiary/aromatic N) is 4. The SMILES string of the molecule is [C-]#[N+]C1=C(C)N=C(C)C(C#N)C1c1ccc2[nH]nc(NS(=O)(=O)CCOC)c2c1. The number of sulfonamides is 1. The van der Waals surface area contributed by atoms with Gasteiger partial charge in [-0.15, -0.1) is 0 Å². The lowest BCUT2D eigenvalue weighted by molar-refractivity contribution is 0.217. The number of benzene rings is 1. The molecule has 0 saturated heterocycles. The van der Waals surface area contributed by atoms with Gasteiger partial charge in [0.05, 0.1) is 36.4 Å². The zero-order chi connectivity index (χ0) is 21.2. The minimum atomic E-state index is -3.63. The van der Waals surface area contributed by atoms with Gasteiger partial charge in [-0.2, -0.15) is 10.4 Å². The minimum Gasteiger partial charge on any atom is -0.384 e. The lowest BCUT2D eigenvalue weighted by atomic mass is 9.79. The van der Waals surface area contributed by atoms with Crippen LogP contribution < -0.4 is 4.72 Å². The first-order valence-corrected chi connectivity index (χ1v) is 10.5. The van der Waals surface area contributed by atoms with Crippen LogP contribution in [0.25, 0.3) is 15.7 Å². The molecule has 2 N–H and O–H groups in total. The van der Waals surface area contributed by atoms with Crippen molar-refractivity contribution >= 4 is 32.5 Å². The number of H-pyrrole nitrogens is 1. The van der Waals surface area contributed by atoms with Crippen LogP contribution in [-0.4, -0.2) is 43.8 Å². The van der Waals surface area contributed by atoms with Crippen LogP contribution in [-0.2, 0) is 14.8 Å². The fourth-order valence-electron chi connectivity index (χ4n) is 3.38. The third-order valence-corrected chi connectivity index (χ3v) is 6.02. The summed E-state index contributed by atoms with van der Waals surface area (Å²) in [7, 11) is -2.20. The van der Waals surface area contributed by atoms with E-state index in [1.807, 2.05) is 6.07 Å². The number of aromatic nitrogens is 2. The highest BCUT2D eigenvalue weighted by Crippen LogP contribution is 2.40. The van der Waals surface area contributed by atoms with Gasteiger partial charge in [0, 0.05) is 29.8 Å². The van der Waals surface area contributed by atoms with Crippen molar-refractivity contribution < 1.29 is 13.2 Å². The number of hydrogen-bond donors (Lipinski definition) is 2. The molecule has 0 aliphatic carbocycles. The van der Waals surface area contributed by atoms with E-state index in [1.54, 1.807) is 26.0 Å². The molecule has 2 atom stereocenters. The number of hydrogen-bond acceptors (Lipinski definition) is 6. The van der Waals surface area contributed by atoms with Crippen molar-refractivity contribution in [2.45, 2.75) is 19.8 Å². The van der Waals surface area contributed by atoms with Gasteiger partial charge in [-0.25, -0.2) is 13.3 Å². The van der Waals surface area contributed by atoms with E-state index in [0.717, 1.165) is 5.56 Å². The van der Waals surface area contributed by atoms with E-state index in [4.69, 9.17) is 11.3 Å². The summed E-state index contributed by atoms with van der Waals surface area (Å²) < 4.78 is 31.7. The molecular weight excluding hydrogens is 392 g/mol. The van der Waals surface area contributed by atoms with E-state index in [-0.39, 0.29) is 18.2 Å². The number of nitriles is 1. The molecule has 0 saturated carbocycles. The highest BCUT2D eigenvalue weighted by atomic mass is 32.2. The summed E-state index contributed by atoms with van der Waals surface area (Å²) in [5.74, 6) is -1.09. The Bertz CT molecular complexity index is 1200. The second-order valence-electron chi connectivity index (χ2n) is 6.71. The number of anilines is 1. The Balaban J connectivity index is 2.07. The number of methoxy groups -OCH3 is 1. The summed E-state index contributed by atoms with van der Waals surface area (Å²) in [6, 6.07) is 7.59. The van der Waals surface area contributed by atoms with Gasteiger partial charge in [-0.05, 0) is 31.5 Å². The van der Waals surface area contributed by atoms with E-state index in [1.165, 1.54) is 7.11 Å². The van der Waals surface area contributed by atoms with Crippen LogP contribution in [0.1, 0.15) is 25.3 Å². The molecule has 2 unspecified atom stereocenters. The first-order valence-electron chi connectivity index (χ1n) is 8.81. The summed E-state index contributed by atoms with van der Waals surface area (Å²) in [4.78, 5) is 7.97. The van der Waals surface area contributed by atoms with Crippen LogP contribution in [0, 0.1) is 23.8 Å². The Morgan fingerprint density at radius 1 is 1.41 bits per heavy atom. The van der Waals surface area contributed by atoms with Crippen molar-refractivity contribution in [2.24, 2.45) is 10.9 Å². The predicted molar refractivity (Wildman–Crippen MR) is 110 cm³/mol. The third kappa shape index (κ3) is 3.99. The Kier molecular flexibility index (Phi) is 5.69. The molecule has 9 nitrogen and oxygen atoms in total. The molecule has 10 heteroatoms. The first kappa shape index (κ1) is 20.5. The average Bonchev–Trinajstić information content (AvgIpc) is 3.07. The molecule has 1 aromatic carbocycles. The van der Waals surface area contributed by atoms with Crippen LogP contribution in [0.4, 0.5) is 5.82 Å². The van der Waals surface area contributed by atoms with E-state index in [0.29, 0.717) is 28.0 Å². The predicted octanol–water partition coefficient (Wildman–Crippen LogP) is 2.80. The molecule has 3 rings (SSSR count). The molecule has 0 bridgehead atoms. The lowest BCUT2D eigenvalue weighted by Crippen LogP contribution is -2.24. The molecule has 29 heavy (non-hydrogen) atoms. The van der Waals surface area contributed by atoms with Crippen molar-refractivity contribution in [3.05, 3.63) is 46.6 Å². The third-order valence-electron chi connectivity index (χ3n) is 4.81. The van der Waals surface area contributed by atoms with Gasteiger partial charge in [0.15, 0.2) is 11.5 Å². The number of fused-ring (bicyclic) bond motifs is 1. The Labute approximate surface area is 169 Å². The van der Waals surface area contributed by atoms with Gasteiger partial charge < -0.3 is 4.74 Å². The summed E-state index contributed by atoms with van der Waals surface area (Å²) in [6.07, 6.45) is 0. The molecule has 1 aromatic heterocycles. The van der Waals surface area contributed by atoms with Crippen molar-refractivity contribution in [2.75, 3.05) is 24.2 Å². The topological polar surface area (TPSA) is 125 Å². The molecule has 150 valence electrons. The molecule has 0 fully saturated rings. The molecule has 0 spiro atoms. The average molecular weight is 412 g/mol. The number of aliphatic imine (C=N–C) groups is 1. The molecule has 1 aliphatic heterocycles. The summed E-state index contributed by atoms with van der Waals surface area (Å²) in [6.45, 7) is 11.2. The summed E-state index contributed by atoms with van der Waals surface area (Å²) in [5, 5.41) is 17.1. The van der Waals surface area contributed by atoms with Gasteiger partial charge >= 0.3 is 0 Å². The molecule has 0 radical (unpaired) electrons. The van der Waals surface area contributed by atoms with E-state index in [2.05, 4.69) is 30.8 Å². The number of ether oxygens (including phenoxy) is 1. The molecule has 0 amide bonds. The molecular formula is C19H20N6O3S. The second-order valence-corrected chi connectivity index (χ2v) is 8.55. The number of nitrogens with one attached hydrogen (secondary N) is 2. The second kappa shape index (κ2) is 8.03. The highest BCUT2D eigenvalue weighted by Gasteiger charge is 2.34. The number of aromatic amines is 1. The standard InChI is InChI=1S/C19H20N6O3S/c1-11-15(10-20)17(18(21-3)12(2)22-11)13-5-6-16-14(9-13)19(24-23-16)25-29(26,27)8-7-28-4/h5-6,9,15,17H,7-8H2,1-2,4H3,(H2,23,24,25). The van der Waals surface area contributed by atoms with Crippen molar-refractivity contribution in [3.8, 4) is 6.07 Å². The lowest BCUT2D eigenvalue weighted by Gasteiger charge is -2.26. The van der Waals surface area contributed by atoms with Gasteiger partial charge in [-0.3, -0.25) is 14.8 Å². The smallest absolute Gasteiger partial charge is 0.236 e. The van der Waals surface area contributed by atoms with E-state index >= 15 is 0 Å². The highest BCUT2D eigenvalue weighted by molar-refractivity contribution is 7.92. The van der Waals surface area contributed by atoms with Crippen molar-refractivity contribution in [1.82, 2.24) is 10.2 Å². The van der Waals surface area contributed by atoms with Crippen LogP contribution in [0.2, 0.25) is 0 Å². The monoisotopic (exact) mass is 412 g/mol. The fourth-order valence-corrected chi connectivity index (χ4v) is 4.32. The van der Waals surface area contributed by atoms with Crippen LogP contribution in [0.5, 0.6) is 0 Å². The van der Waals surface area contributed by atoms with Gasteiger partial charge in [0.2, 0.25) is 10.0 Å². The minimum absolute atomic E-state index is 0.0614. The first-order chi connectivity index (χ1) is 13.8. The fraction of sp³-hybridized carbons (Fsp3) is 0.368. The van der Waals surface area contributed by atoms with Crippen molar-refractivity contribution in [3.63, 3.8) is 0 Å². The zero-order valence-electron chi connectivity index (χ0n) is 16.2. The number of rotatable bonds is 6. The molecule has 1 aliphatic rings. The Morgan fingerprint density at radius 3 is 2.83 bits per heavy atom. The zero-order valence-corrected chi connectivity index (χ0v) is 17.0. The van der Waals surface area contributed by atoms with E-state index in [9.17, 15) is 13.7 Å². The quantitative estimate of drug-likeness (QED) is 0.706. The Hall–Kier alpha value is -3.21. The molecule has 2 aromatic rings. The maximum Gasteiger partial charge on any atom is 0.236 e. The van der Waals surface area contributed by atoms with Crippen LogP contribution >= 0.6 is 0 Å². The summed E-state index contributed by atoms with van der Waals surface area (Å²) >= 11 is 0. The van der Waals surface area contributed by atoms with Gasteiger partial charge in [-0.1, -0.05) is 6.07 Å². The maximum absolute atomic E-state index is 12.2. The number of allylic oxidation sites excluding steroid dienone is 2. The normalized spacial score (nSPS) is 19.6. The Morgan fingerprint density at radius 2 is 2.17 bits per heavy atom. The van der Waals surface area contributed by atoms with E-state index < -0.39 is 21.9 Å². The van der Waals surface area contributed by atoms with Gasteiger partial charge in [0.25, 0.3) is 0 Å². The largest absolute Gasteiger partial charge is 0.384 e. The molecule has 2 heterocycles.